The molecule has 3 amide bonds. The zero-order chi connectivity index (χ0) is 44.8. The lowest BCUT2D eigenvalue weighted by molar-refractivity contribution is -0.146. The second-order valence-electron chi connectivity index (χ2n) is 19.2. The van der Waals surface area contributed by atoms with Crippen LogP contribution in [0.4, 0.5) is 9.93 Å². The van der Waals surface area contributed by atoms with Gasteiger partial charge < -0.3 is 44.9 Å². The molecular weight excluding hydrogens is 850 g/mol. The fourth-order valence-electron chi connectivity index (χ4n) is 9.38. The number of benzene rings is 1. The Balaban J connectivity index is 1.09. The first kappa shape index (κ1) is 45.1. The van der Waals surface area contributed by atoms with Crippen molar-refractivity contribution in [3.05, 3.63) is 28.6 Å². The number of nitrogens with zero attached hydrogens (tertiary/aromatic N) is 4. The number of aliphatic carboxylic acids is 1. The summed E-state index contributed by atoms with van der Waals surface area (Å²) in [5, 5.41) is 22.7. The van der Waals surface area contributed by atoms with E-state index in [2.05, 4.69) is 20.9 Å². The lowest BCUT2D eigenvalue weighted by Crippen LogP contribution is -2.59. The maximum absolute atomic E-state index is 14.8. The number of ether oxygens (including phenoxy) is 4. The molecule has 3 aromatic rings. The summed E-state index contributed by atoms with van der Waals surface area (Å²) in [4.78, 5) is 68.5. The van der Waals surface area contributed by atoms with Crippen molar-refractivity contribution in [3.63, 3.8) is 0 Å². The number of carbonyl (C=O) groups excluding carboxylic acids is 3. The molecule has 1 aromatic carbocycles. The van der Waals surface area contributed by atoms with Crippen LogP contribution in [0.15, 0.2) is 23.6 Å². The standard InChI is InChI=1S/C45H60ClN7O9S/c1-7-27-21-45(27,41(56)57)51-39(54)33-19-29(22-53(33)40(55)38(44(4,5)6)50-43(58)62-28-17-25-16-26(25)18-28)61-35-20-31(32-23-63-42(49-32)47-24(2)3)48-37-30(35)8-9-34(36(37)46)60-15-12-52-10-13-59-14-11-52/h8-9,20,23-29,33,38H,7,10-19,21-22H2,1-6H3,(H,47,49)(H,50,58)(H,51,54)(H,56,57)/t25?,26?,27-,28?,29-,33+,38-,45?/m1/s1. The number of fused-ring (bicyclic) bond motifs is 2. The van der Waals surface area contributed by atoms with Crippen molar-refractivity contribution in [1.29, 1.82) is 0 Å². The number of carboxylic acids is 1. The van der Waals surface area contributed by atoms with E-state index in [1.807, 2.05) is 53.0 Å². The highest BCUT2D eigenvalue weighted by atomic mass is 35.5. The average Bonchev–Trinajstić information content (AvgIpc) is 3.91. The molecule has 16 nitrogen and oxygen atoms in total. The van der Waals surface area contributed by atoms with Crippen molar-refractivity contribution in [2.75, 3.05) is 51.3 Å². The fraction of sp³-hybridized carbons (Fsp3) is 0.644. The van der Waals surface area contributed by atoms with E-state index < -0.39 is 53.0 Å². The van der Waals surface area contributed by atoms with Gasteiger partial charge in [0.2, 0.25) is 11.8 Å². The summed E-state index contributed by atoms with van der Waals surface area (Å²) in [5.74, 6) is -0.376. The number of halogens is 1. The molecule has 0 bridgehead atoms. The third-order valence-electron chi connectivity index (χ3n) is 13.1. The molecule has 4 N–H and O–H groups in total. The van der Waals surface area contributed by atoms with Gasteiger partial charge in [-0.05, 0) is 74.8 Å². The van der Waals surface area contributed by atoms with Crippen LogP contribution in [0.3, 0.4) is 0 Å². The maximum Gasteiger partial charge on any atom is 0.408 e. The highest BCUT2D eigenvalue weighted by molar-refractivity contribution is 7.14. The molecule has 2 aromatic heterocycles. The fourth-order valence-corrected chi connectivity index (χ4v) is 10.5. The number of thiazole rings is 1. The topological polar surface area (TPSA) is 194 Å². The molecule has 5 aliphatic rings. The van der Waals surface area contributed by atoms with E-state index in [0.717, 1.165) is 31.1 Å². The van der Waals surface area contributed by atoms with Gasteiger partial charge in [-0.3, -0.25) is 14.5 Å². The normalized spacial score (nSPS) is 27.1. The van der Waals surface area contributed by atoms with E-state index in [1.54, 1.807) is 12.1 Å². The number of likely N-dealkylation sites (tertiary alicyclic amines) is 1. The van der Waals surface area contributed by atoms with Crippen molar-refractivity contribution >= 4 is 62.8 Å². The molecule has 3 saturated carbocycles. The van der Waals surface area contributed by atoms with Gasteiger partial charge in [-0.25, -0.2) is 19.6 Å². The summed E-state index contributed by atoms with van der Waals surface area (Å²) in [6.07, 6.45) is 2.11. The largest absolute Gasteiger partial charge is 0.491 e. The van der Waals surface area contributed by atoms with Gasteiger partial charge in [-0.1, -0.05) is 45.7 Å². The number of amides is 3. The van der Waals surface area contributed by atoms with E-state index in [1.165, 1.54) is 22.7 Å². The molecule has 8 rings (SSSR count). The van der Waals surface area contributed by atoms with Crippen LogP contribution in [0, 0.1) is 23.2 Å². The Kier molecular flexibility index (Phi) is 13.0. The third-order valence-corrected chi connectivity index (χ3v) is 14.2. The van der Waals surface area contributed by atoms with Crippen LogP contribution in [-0.4, -0.2) is 131 Å². The summed E-state index contributed by atoms with van der Waals surface area (Å²) in [6.45, 7) is 15.6. The zero-order valence-corrected chi connectivity index (χ0v) is 38.5. The Morgan fingerprint density at radius 2 is 1.78 bits per heavy atom. The molecule has 63 heavy (non-hydrogen) atoms. The van der Waals surface area contributed by atoms with Gasteiger partial charge >= 0.3 is 12.1 Å². The lowest BCUT2D eigenvalue weighted by Gasteiger charge is -2.35. The van der Waals surface area contributed by atoms with E-state index >= 15 is 0 Å². The van der Waals surface area contributed by atoms with Gasteiger partial charge in [-0.15, -0.1) is 11.3 Å². The molecule has 3 aliphatic carbocycles. The molecule has 2 saturated heterocycles. The van der Waals surface area contributed by atoms with Crippen molar-refractivity contribution in [2.24, 2.45) is 23.2 Å². The highest BCUT2D eigenvalue weighted by Crippen LogP contribution is 2.52. The van der Waals surface area contributed by atoms with Gasteiger partial charge in [0.05, 0.1) is 31.0 Å². The van der Waals surface area contributed by atoms with Gasteiger partial charge in [0.15, 0.2) is 5.13 Å². The van der Waals surface area contributed by atoms with E-state index in [0.29, 0.717) is 89.9 Å². The number of carboxylic acid groups (broad SMARTS) is 1. The molecule has 0 radical (unpaired) electrons. The number of rotatable bonds is 16. The van der Waals surface area contributed by atoms with E-state index in [-0.39, 0.29) is 31.0 Å². The number of hydrogen-bond acceptors (Lipinski definition) is 13. The molecule has 5 fully saturated rings. The number of morpholine rings is 1. The van der Waals surface area contributed by atoms with Crippen LogP contribution in [0.2, 0.25) is 5.02 Å². The highest BCUT2D eigenvalue weighted by Gasteiger charge is 2.61. The number of nitrogens with one attached hydrogen (secondary N) is 3. The minimum absolute atomic E-state index is 0.0295. The number of hydrogen-bond donors (Lipinski definition) is 4. The SMILES string of the molecule is CC[C@@H]1CC1(NC(=O)[C@@H]1C[C@@H](Oc2cc(-c3csc(NC(C)C)n3)nc3c(Cl)c(OCCN4CCOCC4)ccc23)CN1C(=O)[C@@H](NC(=O)OC1CC2CC2C1)C(C)(C)C)C(=O)O. The van der Waals surface area contributed by atoms with Crippen molar-refractivity contribution in [1.82, 2.24) is 30.4 Å². The maximum atomic E-state index is 14.8. The van der Waals surface area contributed by atoms with Crippen molar-refractivity contribution in [2.45, 2.75) is 116 Å². The monoisotopic (exact) mass is 909 g/mol. The number of carbonyl (C=O) groups is 4. The first-order valence-electron chi connectivity index (χ1n) is 22.3. The molecule has 4 heterocycles. The van der Waals surface area contributed by atoms with E-state index in [4.69, 9.17) is 40.5 Å². The Labute approximate surface area is 377 Å². The molecule has 0 spiro atoms. The summed E-state index contributed by atoms with van der Waals surface area (Å²) < 4.78 is 24.3. The second kappa shape index (κ2) is 18.2. The van der Waals surface area contributed by atoms with Gasteiger partial charge in [0.25, 0.3) is 0 Å². The average molecular weight is 911 g/mol. The number of alkyl carbamates (subject to hydrolysis) is 1. The molecule has 18 heteroatoms. The van der Waals surface area contributed by atoms with Crippen LogP contribution < -0.4 is 25.4 Å². The molecule has 3 unspecified atom stereocenters. The first-order valence-corrected chi connectivity index (χ1v) is 23.6. The predicted molar refractivity (Wildman–Crippen MR) is 238 cm³/mol. The minimum Gasteiger partial charge on any atom is -0.491 e. The number of aromatic nitrogens is 2. The Morgan fingerprint density at radius 1 is 1.03 bits per heavy atom. The number of anilines is 1. The van der Waals surface area contributed by atoms with Crippen LogP contribution in [0.5, 0.6) is 11.5 Å². The lowest BCUT2D eigenvalue weighted by atomic mass is 9.85. The summed E-state index contributed by atoms with van der Waals surface area (Å²) in [7, 11) is 0. The van der Waals surface area contributed by atoms with E-state index in [9.17, 15) is 24.3 Å². The smallest absolute Gasteiger partial charge is 0.408 e. The Hall–Kier alpha value is -4.45. The molecule has 7 atom stereocenters. The minimum atomic E-state index is -1.42. The zero-order valence-electron chi connectivity index (χ0n) is 36.9. The summed E-state index contributed by atoms with van der Waals surface area (Å²) >= 11 is 8.55. The van der Waals surface area contributed by atoms with Crippen molar-refractivity contribution in [3.8, 4) is 22.9 Å². The Morgan fingerprint density at radius 3 is 2.44 bits per heavy atom. The quantitative estimate of drug-likeness (QED) is 0.127. The van der Waals surface area contributed by atoms with Crippen LogP contribution in [0.1, 0.15) is 80.1 Å². The summed E-state index contributed by atoms with van der Waals surface area (Å²) in [6, 6.07) is 3.38. The van der Waals surface area contributed by atoms with Gasteiger partial charge in [0, 0.05) is 48.9 Å². The van der Waals surface area contributed by atoms with Crippen LogP contribution in [0.25, 0.3) is 22.3 Å². The van der Waals surface area contributed by atoms with Gasteiger partial charge in [-0.2, -0.15) is 0 Å². The molecule has 2 aliphatic heterocycles. The van der Waals surface area contributed by atoms with Crippen molar-refractivity contribution < 1.29 is 43.2 Å². The summed E-state index contributed by atoms with van der Waals surface area (Å²) in [5.41, 5.74) is -0.683. The first-order chi connectivity index (χ1) is 30.0. The van der Waals surface area contributed by atoms with Gasteiger partial charge in [0.1, 0.15) is 58.7 Å². The molecule has 342 valence electrons. The van der Waals surface area contributed by atoms with Crippen LogP contribution >= 0.6 is 22.9 Å². The molecular formula is C45H60ClN7O9S. The van der Waals surface area contributed by atoms with Crippen LogP contribution in [-0.2, 0) is 23.9 Å². The predicted octanol–water partition coefficient (Wildman–Crippen LogP) is 6.20. The second-order valence-corrected chi connectivity index (χ2v) is 20.4. The third kappa shape index (κ3) is 9.96. The number of pyridine rings is 1. The Bertz CT molecular complexity index is 2200.